The molecular formula is C28H38O10S. The first kappa shape index (κ1) is 30.5. The smallest absolute Gasteiger partial charge is 0.203 e. The second-order valence-electron chi connectivity index (χ2n) is 9.29. The van der Waals surface area contributed by atoms with Crippen LogP contribution in [0.15, 0.2) is 29.2 Å². The van der Waals surface area contributed by atoms with Crippen molar-refractivity contribution in [2.24, 2.45) is 0 Å². The number of carbonyl (C=O) groups excluding carboxylic acids is 1. The summed E-state index contributed by atoms with van der Waals surface area (Å²) in [6.45, 7) is 3.84. The molecule has 0 aromatic heterocycles. The highest BCUT2D eigenvalue weighted by molar-refractivity contribution is 7.92. The van der Waals surface area contributed by atoms with E-state index >= 15 is 0 Å². The SMILES string of the molecule is CCCOc1c(OCCCO)cc([C@H]2CO[C@H](c3cc(OC)c(OC)c(OC)c3)C2)cc1S(=O)(=O)CC(C)=O. The number of carbonyl (C=O) groups is 1. The Morgan fingerprint density at radius 3 is 2.18 bits per heavy atom. The maximum Gasteiger partial charge on any atom is 0.203 e. The maximum absolute atomic E-state index is 13.3. The average Bonchev–Trinajstić information content (AvgIpc) is 3.41. The molecule has 1 heterocycles. The number of aliphatic hydroxyl groups excluding tert-OH is 1. The minimum atomic E-state index is -4.01. The topological polar surface area (TPSA) is 127 Å². The number of rotatable bonds is 15. The summed E-state index contributed by atoms with van der Waals surface area (Å²) in [5, 5.41) is 9.22. The van der Waals surface area contributed by atoms with Crippen LogP contribution in [0.3, 0.4) is 0 Å². The number of aliphatic hydroxyl groups is 1. The number of hydrogen-bond acceptors (Lipinski definition) is 10. The zero-order valence-corrected chi connectivity index (χ0v) is 24.0. The van der Waals surface area contributed by atoms with E-state index in [0.29, 0.717) is 48.7 Å². The number of hydrogen-bond donors (Lipinski definition) is 1. The fraction of sp³-hybridized carbons (Fsp3) is 0.536. The molecule has 216 valence electrons. The molecular weight excluding hydrogens is 528 g/mol. The van der Waals surface area contributed by atoms with Gasteiger partial charge < -0.3 is 33.5 Å². The number of benzene rings is 2. The summed E-state index contributed by atoms with van der Waals surface area (Å²) in [5.74, 6) is 0.544. The summed E-state index contributed by atoms with van der Waals surface area (Å²) >= 11 is 0. The van der Waals surface area contributed by atoms with Gasteiger partial charge in [0.05, 0.1) is 47.3 Å². The van der Waals surface area contributed by atoms with Gasteiger partial charge in [-0.15, -0.1) is 0 Å². The van der Waals surface area contributed by atoms with E-state index in [0.717, 1.165) is 5.56 Å². The third kappa shape index (κ3) is 7.34. The fourth-order valence-corrected chi connectivity index (χ4v) is 5.94. The van der Waals surface area contributed by atoms with Crippen molar-refractivity contribution < 1.29 is 46.7 Å². The lowest BCUT2D eigenvalue weighted by atomic mass is 9.93. The van der Waals surface area contributed by atoms with Gasteiger partial charge >= 0.3 is 0 Å². The van der Waals surface area contributed by atoms with E-state index in [9.17, 15) is 18.3 Å². The van der Waals surface area contributed by atoms with Crippen molar-refractivity contribution >= 4 is 15.6 Å². The van der Waals surface area contributed by atoms with Crippen molar-refractivity contribution in [2.75, 3.05) is 53.5 Å². The molecule has 10 nitrogen and oxygen atoms in total. The molecule has 2 aromatic rings. The van der Waals surface area contributed by atoms with Crippen LogP contribution in [0, 0.1) is 0 Å². The summed E-state index contributed by atoms with van der Waals surface area (Å²) in [4.78, 5) is 11.7. The van der Waals surface area contributed by atoms with Gasteiger partial charge in [-0.05, 0) is 55.2 Å². The van der Waals surface area contributed by atoms with Crippen LogP contribution < -0.4 is 23.7 Å². The summed E-state index contributed by atoms with van der Waals surface area (Å²) < 4.78 is 60.9. The number of sulfone groups is 1. The zero-order valence-electron chi connectivity index (χ0n) is 23.2. The summed E-state index contributed by atoms with van der Waals surface area (Å²) in [6.07, 6.45) is 1.26. The fourth-order valence-electron chi connectivity index (χ4n) is 4.49. The van der Waals surface area contributed by atoms with Crippen LogP contribution in [0.5, 0.6) is 28.7 Å². The molecule has 0 radical (unpaired) electrons. The Bertz CT molecular complexity index is 1220. The van der Waals surface area contributed by atoms with E-state index in [1.807, 2.05) is 19.1 Å². The highest BCUT2D eigenvalue weighted by Crippen LogP contribution is 2.46. The third-order valence-electron chi connectivity index (χ3n) is 6.31. The van der Waals surface area contributed by atoms with Gasteiger partial charge in [0.2, 0.25) is 5.75 Å². The molecule has 1 aliphatic rings. The number of ketones is 1. The van der Waals surface area contributed by atoms with E-state index in [1.54, 1.807) is 26.4 Å². The van der Waals surface area contributed by atoms with Gasteiger partial charge in [-0.1, -0.05) is 6.92 Å². The van der Waals surface area contributed by atoms with E-state index in [-0.39, 0.29) is 48.2 Å². The minimum Gasteiger partial charge on any atom is -0.493 e. The van der Waals surface area contributed by atoms with Crippen molar-refractivity contribution in [3.8, 4) is 28.7 Å². The maximum atomic E-state index is 13.3. The summed E-state index contributed by atoms with van der Waals surface area (Å²) in [6, 6.07) is 7.00. The van der Waals surface area contributed by atoms with E-state index in [4.69, 9.17) is 28.4 Å². The Kier molecular flexibility index (Phi) is 10.8. The molecule has 0 bridgehead atoms. The Morgan fingerprint density at radius 2 is 1.62 bits per heavy atom. The molecule has 0 spiro atoms. The first-order chi connectivity index (χ1) is 18.7. The highest BCUT2D eigenvalue weighted by Gasteiger charge is 2.33. The normalized spacial score (nSPS) is 17.1. The molecule has 1 N–H and O–H groups in total. The molecule has 2 aromatic carbocycles. The van der Waals surface area contributed by atoms with Crippen LogP contribution in [0.2, 0.25) is 0 Å². The Balaban J connectivity index is 2.03. The van der Waals surface area contributed by atoms with Gasteiger partial charge in [-0.3, -0.25) is 4.79 Å². The number of methoxy groups -OCH3 is 3. The molecule has 39 heavy (non-hydrogen) atoms. The van der Waals surface area contributed by atoms with Gasteiger partial charge in [0.15, 0.2) is 32.8 Å². The molecule has 0 saturated carbocycles. The largest absolute Gasteiger partial charge is 0.493 e. The molecule has 0 unspecified atom stereocenters. The van der Waals surface area contributed by atoms with Gasteiger partial charge in [-0.2, -0.15) is 0 Å². The molecule has 2 atom stereocenters. The predicted molar refractivity (Wildman–Crippen MR) is 144 cm³/mol. The standard InChI is InChI=1S/C28H38O10S/c1-6-9-37-28-25(36-10-7-8-29)11-19(15-26(28)39(31,32)17-18(2)30)21-14-22(38-16-21)20-12-23(33-3)27(35-5)24(13-20)34-4/h11-13,15,21-22,29H,6-10,14,16-17H2,1-5H3/t21-,22+/m1/s1. The van der Waals surface area contributed by atoms with Crippen LogP contribution in [0.4, 0.5) is 0 Å². The minimum absolute atomic E-state index is 0.0761. The first-order valence-corrected chi connectivity index (χ1v) is 14.5. The van der Waals surface area contributed by atoms with Crippen LogP contribution in [-0.4, -0.2) is 72.8 Å². The molecule has 0 aliphatic carbocycles. The van der Waals surface area contributed by atoms with Crippen molar-refractivity contribution in [1.29, 1.82) is 0 Å². The lowest BCUT2D eigenvalue weighted by Crippen LogP contribution is -2.16. The van der Waals surface area contributed by atoms with Crippen molar-refractivity contribution in [3.05, 3.63) is 35.4 Å². The van der Waals surface area contributed by atoms with Gasteiger partial charge in [0.1, 0.15) is 16.4 Å². The molecule has 11 heteroatoms. The zero-order chi connectivity index (χ0) is 28.6. The second kappa shape index (κ2) is 13.9. The lowest BCUT2D eigenvalue weighted by Gasteiger charge is -2.20. The molecule has 1 fully saturated rings. The monoisotopic (exact) mass is 566 g/mol. The average molecular weight is 567 g/mol. The lowest BCUT2D eigenvalue weighted by molar-refractivity contribution is -0.114. The van der Waals surface area contributed by atoms with E-state index in [1.165, 1.54) is 14.0 Å². The van der Waals surface area contributed by atoms with Gasteiger partial charge in [0.25, 0.3) is 0 Å². The Hall–Kier alpha value is -3.02. The molecule has 1 saturated heterocycles. The van der Waals surface area contributed by atoms with Gasteiger partial charge in [0, 0.05) is 18.9 Å². The quantitative estimate of drug-likeness (QED) is 0.317. The summed E-state index contributed by atoms with van der Waals surface area (Å²) in [7, 11) is 0.616. The molecule has 1 aliphatic heterocycles. The van der Waals surface area contributed by atoms with Crippen LogP contribution in [0.25, 0.3) is 0 Å². The summed E-state index contributed by atoms with van der Waals surface area (Å²) in [5.41, 5.74) is 1.52. The predicted octanol–water partition coefficient (Wildman–Crippen LogP) is 3.87. The first-order valence-electron chi connectivity index (χ1n) is 12.9. The Labute approximate surface area is 230 Å². The van der Waals surface area contributed by atoms with Crippen molar-refractivity contribution in [2.45, 2.75) is 50.0 Å². The van der Waals surface area contributed by atoms with Crippen molar-refractivity contribution in [3.63, 3.8) is 0 Å². The highest BCUT2D eigenvalue weighted by atomic mass is 32.2. The molecule has 3 rings (SSSR count). The third-order valence-corrected chi connectivity index (χ3v) is 8.07. The Morgan fingerprint density at radius 1 is 0.949 bits per heavy atom. The van der Waals surface area contributed by atoms with Gasteiger partial charge in [-0.25, -0.2) is 8.42 Å². The van der Waals surface area contributed by atoms with Crippen LogP contribution in [-0.2, 0) is 19.4 Å². The van der Waals surface area contributed by atoms with Crippen molar-refractivity contribution in [1.82, 2.24) is 0 Å². The van der Waals surface area contributed by atoms with E-state index in [2.05, 4.69) is 0 Å². The van der Waals surface area contributed by atoms with Crippen LogP contribution in [0.1, 0.15) is 56.3 Å². The number of Topliss-reactive ketones (excluding diaryl/α,β-unsaturated/α-hetero) is 1. The molecule has 0 amide bonds. The second-order valence-corrected chi connectivity index (χ2v) is 11.3. The number of ether oxygens (including phenoxy) is 6. The van der Waals surface area contributed by atoms with E-state index < -0.39 is 21.4 Å². The van der Waals surface area contributed by atoms with Crippen LogP contribution >= 0.6 is 0 Å².